The number of nitrogens with one attached hydrogen (secondary N) is 1. The lowest BCUT2D eigenvalue weighted by Gasteiger charge is -2.33. The Hall–Kier alpha value is -0.410. The first-order valence-electron chi connectivity index (χ1n) is 8.13. The van der Waals surface area contributed by atoms with Crippen LogP contribution in [0.5, 0.6) is 0 Å². The predicted octanol–water partition coefficient (Wildman–Crippen LogP) is 4.96. The fraction of sp³-hybridized carbons (Fsp3) is 0.824. The monoisotopic (exact) mass is 294 g/mol. The summed E-state index contributed by atoms with van der Waals surface area (Å²) in [7, 11) is 0. The van der Waals surface area contributed by atoms with E-state index in [-0.39, 0.29) is 5.54 Å². The zero-order chi connectivity index (χ0) is 14.6. The second kappa shape index (κ2) is 6.57. The van der Waals surface area contributed by atoms with Crippen molar-refractivity contribution in [2.75, 3.05) is 6.54 Å². The van der Waals surface area contributed by atoms with Crippen molar-refractivity contribution in [3.63, 3.8) is 0 Å². The topological polar surface area (TPSA) is 24.9 Å². The summed E-state index contributed by atoms with van der Waals surface area (Å²) in [5.74, 6) is 0.841. The SMILES string of the molecule is CCCNC1(c2nccs2)CCCC(C(C)(C)C)CC1. The molecular formula is C17H30N2S. The molecule has 3 heteroatoms. The van der Waals surface area contributed by atoms with Crippen LogP contribution in [0.1, 0.15) is 71.2 Å². The third-order valence-electron chi connectivity index (χ3n) is 4.86. The van der Waals surface area contributed by atoms with Gasteiger partial charge in [-0.2, -0.15) is 0 Å². The van der Waals surface area contributed by atoms with E-state index in [1.807, 2.05) is 17.5 Å². The molecule has 1 fully saturated rings. The Labute approximate surface area is 128 Å². The van der Waals surface area contributed by atoms with Crippen molar-refractivity contribution in [2.24, 2.45) is 11.3 Å². The van der Waals surface area contributed by atoms with E-state index in [0.717, 1.165) is 12.5 Å². The van der Waals surface area contributed by atoms with Crippen LogP contribution >= 0.6 is 11.3 Å². The van der Waals surface area contributed by atoms with E-state index in [4.69, 9.17) is 0 Å². The van der Waals surface area contributed by atoms with Crippen LogP contribution in [0.15, 0.2) is 11.6 Å². The zero-order valence-electron chi connectivity index (χ0n) is 13.5. The zero-order valence-corrected chi connectivity index (χ0v) is 14.4. The molecule has 1 aliphatic carbocycles. The molecule has 1 aromatic rings. The van der Waals surface area contributed by atoms with Gasteiger partial charge in [0, 0.05) is 11.6 Å². The number of thiazole rings is 1. The smallest absolute Gasteiger partial charge is 0.113 e. The predicted molar refractivity (Wildman–Crippen MR) is 88.1 cm³/mol. The second-order valence-corrected chi connectivity index (χ2v) is 8.23. The number of hydrogen-bond acceptors (Lipinski definition) is 3. The van der Waals surface area contributed by atoms with Crippen LogP contribution in [0.4, 0.5) is 0 Å². The molecule has 1 heterocycles. The summed E-state index contributed by atoms with van der Waals surface area (Å²) in [6.07, 6.45) is 9.63. The van der Waals surface area contributed by atoms with Gasteiger partial charge < -0.3 is 5.32 Å². The van der Waals surface area contributed by atoms with Crippen molar-refractivity contribution in [1.29, 1.82) is 0 Å². The molecule has 0 spiro atoms. The maximum absolute atomic E-state index is 4.65. The van der Waals surface area contributed by atoms with Gasteiger partial charge in [-0.3, -0.25) is 0 Å². The first-order chi connectivity index (χ1) is 9.48. The van der Waals surface area contributed by atoms with Crippen LogP contribution in [0.2, 0.25) is 0 Å². The molecule has 1 aliphatic rings. The van der Waals surface area contributed by atoms with Gasteiger partial charge in [-0.15, -0.1) is 11.3 Å². The maximum atomic E-state index is 4.65. The minimum absolute atomic E-state index is 0.143. The molecule has 1 N–H and O–H groups in total. The highest BCUT2D eigenvalue weighted by atomic mass is 32.1. The van der Waals surface area contributed by atoms with Gasteiger partial charge >= 0.3 is 0 Å². The first kappa shape index (κ1) is 16.0. The van der Waals surface area contributed by atoms with E-state index < -0.39 is 0 Å². The molecule has 2 unspecified atom stereocenters. The normalized spacial score (nSPS) is 28.3. The number of hydrogen-bond donors (Lipinski definition) is 1. The number of nitrogens with zero attached hydrogens (tertiary/aromatic N) is 1. The Morgan fingerprint density at radius 2 is 2.15 bits per heavy atom. The van der Waals surface area contributed by atoms with Crippen LogP contribution in [-0.4, -0.2) is 11.5 Å². The van der Waals surface area contributed by atoms with Crippen molar-refractivity contribution in [3.05, 3.63) is 16.6 Å². The molecular weight excluding hydrogens is 264 g/mol. The molecule has 1 aromatic heterocycles. The van der Waals surface area contributed by atoms with Crippen molar-refractivity contribution in [3.8, 4) is 0 Å². The molecule has 20 heavy (non-hydrogen) atoms. The Morgan fingerprint density at radius 1 is 1.35 bits per heavy atom. The molecule has 0 aromatic carbocycles. The van der Waals surface area contributed by atoms with Crippen LogP contribution in [0, 0.1) is 11.3 Å². The van der Waals surface area contributed by atoms with Gasteiger partial charge in [0.1, 0.15) is 5.01 Å². The van der Waals surface area contributed by atoms with Gasteiger partial charge in [0.05, 0.1) is 5.54 Å². The summed E-state index contributed by atoms with van der Waals surface area (Å²) in [6, 6.07) is 0. The van der Waals surface area contributed by atoms with E-state index in [0.29, 0.717) is 5.41 Å². The van der Waals surface area contributed by atoms with E-state index in [9.17, 15) is 0 Å². The maximum Gasteiger partial charge on any atom is 0.113 e. The highest BCUT2D eigenvalue weighted by Crippen LogP contribution is 2.43. The standard InChI is InChI=1S/C17H30N2S/c1-5-11-19-17(15-18-12-13-20-15)9-6-7-14(8-10-17)16(2,3)4/h12-14,19H,5-11H2,1-4H3. The summed E-state index contributed by atoms with van der Waals surface area (Å²) < 4.78 is 0. The lowest BCUT2D eigenvalue weighted by Crippen LogP contribution is -2.42. The van der Waals surface area contributed by atoms with Gasteiger partial charge in [0.25, 0.3) is 0 Å². The molecule has 0 aliphatic heterocycles. The van der Waals surface area contributed by atoms with E-state index >= 15 is 0 Å². The molecule has 2 nitrogen and oxygen atoms in total. The van der Waals surface area contributed by atoms with Gasteiger partial charge in [-0.1, -0.05) is 34.1 Å². The highest BCUT2D eigenvalue weighted by Gasteiger charge is 2.38. The Morgan fingerprint density at radius 3 is 2.75 bits per heavy atom. The molecule has 1 saturated carbocycles. The van der Waals surface area contributed by atoms with Gasteiger partial charge in [0.15, 0.2) is 0 Å². The molecule has 2 rings (SSSR count). The lowest BCUT2D eigenvalue weighted by atomic mass is 9.76. The fourth-order valence-electron chi connectivity index (χ4n) is 3.50. The van der Waals surface area contributed by atoms with E-state index in [1.54, 1.807) is 0 Å². The van der Waals surface area contributed by atoms with Crippen molar-refractivity contribution >= 4 is 11.3 Å². The lowest BCUT2D eigenvalue weighted by molar-refractivity contribution is 0.205. The largest absolute Gasteiger partial charge is 0.305 e. The van der Waals surface area contributed by atoms with Crippen LogP contribution in [0.3, 0.4) is 0 Å². The summed E-state index contributed by atoms with van der Waals surface area (Å²) in [5, 5.41) is 7.27. The van der Waals surface area contributed by atoms with Gasteiger partial charge in [0.2, 0.25) is 0 Å². The first-order valence-corrected chi connectivity index (χ1v) is 9.01. The minimum Gasteiger partial charge on any atom is -0.305 e. The van der Waals surface area contributed by atoms with Crippen molar-refractivity contribution < 1.29 is 0 Å². The highest BCUT2D eigenvalue weighted by molar-refractivity contribution is 7.09. The average Bonchev–Trinajstić information content (AvgIpc) is 2.83. The van der Waals surface area contributed by atoms with Crippen LogP contribution in [0.25, 0.3) is 0 Å². The third kappa shape index (κ3) is 3.62. The Balaban J connectivity index is 2.16. The van der Waals surface area contributed by atoms with E-state index in [1.165, 1.54) is 43.5 Å². The minimum atomic E-state index is 0.143. The number of aromatic nitrogens is 1. The van der Waals surface area contributed by atoms with Gasteiger partial charge in [-0.05, 0) is 50.0 Å². The summed E-state index contributed by atoms with van der Waals surface area (Å²) >= 11 is 1.82. The molecule has 0 bridgehead atoms. The van der Waals surface area contributed by atoms with Crippen LogP contribution < -0.4 is 5.32 Å². The van der Waals surface area contributed by atoms with Crippen LogP contribution in [-0.2, 0) is 5.54 Å². The van der Waals surface area contributed by atoms with Crippen molar-refractivity contribution in [2.45, 2.75) is 71.8 Å². The summed E-state index contributed by atoms with van der Waals surface area (Å²) in [5.41, 5.74) is 0.577. The number of rotatable bonds is 4. The average molecular weight is 295 g/mol. The van der Waals surface area contributed by atoms with E-state index in [2.05, 4.69) is 43.4 Å². The molecule has 0 amide bonds. The second-order valence-electron chi connectivity index (χ2n) is 7.34. The van der Waals surface area contributed by atoms with Crippen molar-refractivity contribution in [1.82, 2.24) is 10.3 Å². The summed E-state index contributed by atoms with van der Waals surface area (Å²) in [6.45, 7) is 10.5. The molecule has 114 valence electrons. The van der Waals surface area contributed by atoms with Gasteiger partial charge in [-0.25, -0.2) is 4.98 Å². The Bertz CT molecular complexity index is 394. The fourth-order valence-corrected chi connectivity index (χ4v) is 4.37. The summed E-state index contributed by atoms with van der Waals surface area (Å²) in [4.78, 5) is 4.65. The third-order valence-corrected chi connectivity index (χ3v) is 5.83. The Kier molecular flexibility index (Phi) is 5.25. The molecule has 0 radical (unpaired) electrons. The quantitative estimate of drug-likeness (QED) is 0.793. The molecule has 0 saturated heterocycles. The molecule has 2 atom stereocenters.